The number of aryl methyl sites for hydroxylation is 1. The van der Waals surface area contributed by atoms with Crippen molar-refractivity contribution in [1.29, 1.82) is 0 Å². The van der Waals surface area contributed by atoms with Crippen LogP contribution in [0.15, 0.2) is 29.4 Å². The number of hydrogen-bond donors (Lipinski definition) is 0. The molecule has 0 aromatic carbocycles. The summed E-state index contributed by atoms with van der Waals surface area (Å²) >= 11 is 3.38. The van der Waals surface area contributed by atoms with Crippen LogP contribution >= 0.6 is 15.9 Å². The van der Waals surface area contributed by atoms with Crippen molar-refractivity contribution in [2.24, 2.45) is 11.8 Å². The SMILES string of the molecule is Cc1cncnc1N1CC2CN(c3ncc(Br)cn3)CC2C1. The molecule has 0 saturated carbocycles. The fourth-order valence-electron chi connectivity index (χ4n) is 3.52. The minimum atomic E-state index is 0.654. The van der Waals surface area contributed by atoms with E-state index in [1.807, 2.05) is 18.6 Å². The Hall–Kier alpha value is -1.76. The smallest absolute Gasteiger partial charge is 0.225 e. The maximum absolute atomic E-state index is 4.45. The molecule has 0 spiro atoms. The summed E-state index contributed by atoms with van der Waals surface area (Å²) in [7, 11) is 0. The second-order valence-corrected chi connectivity index (χ2v) is 6.98. The lowest BCUT2D eigenvalue weighted by atomic mass is 10.0. The lowest BCUT2D eigenvalue weighted by molar-refractivity contribution is 0.533. The van der Waals surface area contributed by atoms with Crippen LogP contribution in [-0.2, 0) is 0 Å². The molecule has 2 unspecified atom stereocenters. The first kappa shape index (κ1) is 13.9. The average Bonchev–Trinajstić information content (AvgIpc) is 3.07. The average molecular weight is 361 g/mol. The fourth-order valence-corrected chi connectivity index (χ4v) is 3.73. The van der Waals surface area contributed by atoms with Gasteiger partial charge in [0.05, 0.1) is 4.47 Å². The molecule has 0 radical (unpaired) electrons. The molecule has 2 aromatic rings. The standard InChI is InChI=1S/C15H17BrN6/c1-10-2-17-9-20-14(10)21-5-11-7-22(8-12(11)6-21)15-18-3-13(16)4-19-15/h2-4,9,11-12H,5-8H2,1H3. The van der Waals surface area contributed by atoms with Gasteiger partial charge >= 0.3 is 0 Å². The zero-order valence-corrected chi connectivity index (χ0v) is 13.9. The van der Waals surface area contributed by atoms with E-state index in [2.05, 4.69) is 52.6 Å². The molecule has 4 heterocycles. The second kappa shape index (κ2) is 5.46. The highest BCUT2D eigenvalue weighted by Gasteiger charge is 2.41. The molecule has 6 nitrogen and oxygen atoms in total. The first-order valence-corrected chi connectivity index (χ1v) is 8.24. The van der Waals surface area contributed by atoms with Crippen LogP contribution in [0.4, 0.5) is 11.8 Å². The zero-order chi connectivity index (χ0) is 15.1. The highest BCUT2D eigenvalue weighted by Crippen LogP contribution is 2.35. The van der Waals surface area contributed by atoms with Gasteiger partial charge in [0.1, 0.15) is 12.1 Å². The maximum atomic E-state index is 4.45. The van der Waals surface area contributed by atoms with Crippen LogP contribution < -0.4 is 9.80 Å². The molecule has 2 aliphatic rings. The predicted octanol–water partition coefficient (Wildman–Crippen LogP) is 1.91. The van der Waals surface area contributed by atoms with Crippen LogP contribution in [0.25, 0.3) is 0 Å². The number of aromatic nitrogens is 4. The monoisotopic (exact) mass is 360 g/mol. The Morgan fingerprint density at radius 2 is 1.59 bits per heavy atom. The number of halogens is 1. The van der Waals surface area contributed by atoms with Crippen molar-refractivity contribution >= 4 is 27.7 Å². The number of nitrogens with zero attached hydrogens (tertiary/aromatic N) is 6. The molecule has 2 aromatic heterocycles. The fraction of sp³-hybridized carbons (Fsp3) is 0.467. The molecular formula is C15H17BrN6. The molecular weight excluding hydrogens is 344 g/mol. The summed E-state index contributed by atoms with van der Waals surface area (Å²) in [4.78, 5) is 22.0. The molecule has 0 bridgehead atoms. The van der Waals surface area contributed by atoms with Gasteiger partial charge in [0.2, 0.25) is 5.95 Å². The van der Waals surface area contributed by atoms with Crippen molar-refractivity contribution in [1.82, 2.24) is 19.9 Å². The van der Waals surface area contributed by atoms with E-state index in [0.717, 1.165) is 48.0 Å². The Labute approximate surface area is 137 Å². The van der Waals surface area contributed by atoms with Crippen molar-refractivity contribution < 1.29 is 0 Å². The molecule has 2 aliphatic heterocycles. The number of rotatable bonds is 2. The van der Waals surface area contributed by atoms with Crippen molar-refractivity contribution in [3.8, 4) is 0 Å². The van der Waals surface area contributed by atoms with E-state index in [4.69, 9.17) is 0 Å². The summed E-state index contributed by atoms with van der Waals surface area (Å²) in [6.45, 7) is 6.22. The molecule has 4 rings (SSSR count). The summed E-state index contributed by atoms with van der Waals surface area (Å²) in [6, 6.07) is 0. The third-order valence-corrected chi connectivity index (χ3v) is 4.95. The van der Waals surface area contributed by atoms with Gasteiger partial charge in [-0.1, -0.05) is 0 Å². The predicted molar refractivity (Wildman–Crippen MR) is 87.9 cm³/mol. The topological polar surface area (TPSA) is 58.0 Å². The molecule has 0 aliphatic carbocycles. The van der Waals surface area contributed by atoms with Crippen molar-refractivity contribution in [3.05, 3.63) is 35.0 Å². The Morgan fingerprint density at radius 1 is 0.955 bits per heavy atom. The van der Waals surface area contributed by atoms with E-state index in [-0.39, 0.29) is 0 Å². The van der Waals surface area contributed by atoms with E-state index < -0.39 is 0 Å². The quantitative estimate of drug-likeness (QED) is 0.815. The Bertz CT molecular complexity index is 662. The molecule has 7 heteroatoms. The summed E-state index contributed by atoms with van der Waals surface area (Å²) in [6.07, 6.45) is 7.15. The van der Waals surface area contributed by atoms with Gasteiger partial charge in [-0.3, -0.25) is 0 Å². The van der Waals surface area contributed by atoms with Gasteiger partial charge in [0.15, 0.2) is 0 Å². The molecule has 0 N–H and O–H groups in total. The number of hydrogen-bond acceptors (Lipinski definition) is 6. The second-order valence-electron chi connectivity index (χ2n) is 6.06. The van der Waals surface area contributed by atoms with Crippen molar-refractivity contribution in [2.75, 3.05) is 36.0 Å². The normalized spacial score (nSPS) is 23.9. The van der Waals surface area contributed by atoms with E-state index in [1.54, 1.807) is 6.33 Å². The maximum Gasteiger partial charge on any atom is 0.225 e. The van der Waals surface area contributed by atoms with Gasteiger partial charge < -0.3 is 9.80 Å². The van der Waals surface area contributed by atoms with Gasteiger partial charge in [-0.05, 0) is 22.9 Å². The highest BCUT2D eigenvalue weighted by molar-refractivity contribution is 9.10. The summed E-state index contributed by atoms with van der Waals surface area (Å²) in [5.41, 5.74) is 1.15. The van der Waals surface area contributed by atoms with Crippen LogP contribution in [0.5, 0.6) is 0 Å². The molecule has 0 amide bonds. The van der Waals surface area contributed by atoms with Crippen LogP contribution in [0.1, 0.15) is 5.56 Å². The first-order valence-electron chi connectivity index (χ1n) is 7.45. The molecule has 114 valence electrons. The van der Waals surface area contributed by atoms with E-state index in [0.29, 0.717) is 11.8 Å². The van der Waals surface area contributed by atoms with Gasteiger partial charge in [-0.2, -0.15) is 0 Å². The highest BCUT2D eigenvalue weighted by atomic mass is 79.9. The Kier molecular flexibility index (Phi) is 3.44. The van der Waals surface area contributed by atoms with E-state index in [9.17, 15) is 0 Å². The first-order chi connectivity index (χ1) is 10.7. The number of anilines is 2. The van der Waals surface area contributed by atoms with Crippen molar-refractivity contribution in [2.45, 2.75) is 6.92 Å². The minimum Gasteiger partial charge on any atom is -0.356 e. The summed E-state index contributed by atoms with van der Waals surface area (Å²) in [5, 5.41) is 0. The van der Waals surface area contributed by atoms with Gasteiger partial charge in [-0.25, -0.2) is 19.9 Å². The number of fused-ring (bicyclic) bond motifs is 1. The lowest BCUT2D eigenvalue weighted by Crippen LogP contribution is -2.30. The van der Waals surface area contributed by atoms with Gasteiger partial charge in [0.25, 0.3) is 0 Å². The molecule has 2 saturated heterocycles. The van der Waals surface area contributed by atoms with Gasteiger partial charge in [0, 0.05) is 62.2 Å². The Morgan fingerprint density at radius 3 is 2.23 bits per heavy atom. The zero-order valence-electron chi connectivity index (χ0n) is 12.4. The molecule has 22 heavy (non-hydrogen) atoms. The minimum absolute atomic E-state index is 0.654. The van der Waals surface area contributed by atoms with E-state index in [1.165, 1.54) is 0 Å². The summed E-state index contributed by atoms with van der Waals surface area (Å²) < 4.78 is 0.918. The van der Waals surface area contributed by atoms with Crippen LogP contribution in [0, 0.1) is 18.8 Å². The molecule has 2 atom stereocenters. The third kappa shape index (κ3) is 2.43. The third-order valence-electron chi connectivity index (χ3n) is 4.54. The Balaban J connectivity index is 1.46. The van der Waals surface area contributed by atoms with Crippen LogP contribution in [0.3, 0.4) is 0 Å². The largest absolute Gasteiger partial charge is 0.356 e. The van der Waals surface area contributed by atoms with E-state index >= 15 is 0 Å². The van der Waals surface area contributed by atoms with Crippen LogP contribution in [0.2, 0.25) is 0 Å². The molecule has 2 fully saturated rings. The summed E-state index contributed by atoms with van der Waals surface area (Å²) in [5.74, 6) is 3.22. The van der Waals surface area contributed by atoms with Crippen LogP contribution in [-0.4, -0.2) is 46.1 Å². The van der Waals surface area contributed by atoms with Crippen molar-refractivity contribution in [3.63, 3.8) is 0 Å². The van der Waals surface area contributed by atoms with Gasteiger partial charge in [-0.15, -0.1) is 0 Å². The lowest BCUT2D eigenvalue weighted by Gasteiger charge is -2.23.